The number of halogens is 3. The van der Waals surface area contributed by atoms with Crippen molar-refractivity contribution in [2.45, 2.75) is 32.5 Å². The van der Waals surface area contributed by atoms with Gasteiger partial charge in [-0.1, -0.05) is 0 Å². The van der Waals surface area contributed by atoms with Crippen molar-refractivity contribution in [3.05, 3.63) is 28.2 Å². The first kappa shape index (κ1) is 12.9. The molecular formula is C12H13F3NO2+. The summed E-state index contributed by atoms with van der Waals surface area (Å²) in [7, 11) is 0. The Morgan fingerprint density at radius 1 is 1.28 bits per heavy atom. The molecule has 1 heterocycles. The summed E-state index contributed by atoms with van der Waals surface area (Å²) in [5.41, 5.74) is 1.47. The number of alkyl halides is 3. The second-order valence-electron chi connectivity index (χ2n) is 4.35. The van der Waals surface area contributed by atoms with Crippen LogP contribution in [0.5, 0.6) is 5.75 Å². The van der Waals surface area contributed by atoms with E-state index in [9.17, 15) is 18.1 Å². The van der Waals surface area contributed by atoms with E-state index >= 15 is 0 Å². The highest BCUT2D eigenvalue weighted by Gasteiger charge is 2.33. The fourth-order valence-corrected chi connectivity index (χ4v) is 2.10. The first-order valence-electron chi connectivity index (χ1n) is 5.71. The minimum atomic E-state index is -4.74. The Balaban J connectivity index is 2.42. The van der Waals surface area contributed by atoms with Gasteiger partial charge in [0.2, 0.25) is 0 Å². The van der Waals surface area contributed by atoms with Crippen LogP contribution in [-0.2, 0) is 6.42 Å². The van der Waals surface area contributed by atoms with Gasteiger partial charge in [-0.05, 0) is 31.4 Å². The first-order chi connectivity index (χ1) is 8.37. The molecule has 18 heavy (non-hydrogen) atoms. The van der Waals surface area contributed by atoms with Crippen molar-refractivity contribution in [2.75, 3.05) is 6.54 Å². The van der Waals surface area contributed by atoms with Gasteiger partial charge < -0.3 is 4.74 Å². The predicted molar refractivity (Wildman–Crippen MR) is 59.0 cm³/mol. The van der Waals surface area contributed by atoms with Crippen LogP contribution in [0.3, 0.4) is 0 Å². The third kappa shape index (κ3) is 2.80. The molecule has 0 aliphatic carbocycles. The largest absolute Gasteiger partial charge is 0.573 e. The van der Waals surface area contributed by atoms with E-state index in [2.05, 4.69) is 4.74 Å². The monoisotopic (exact) mass is 260 g/mol. The zero-order valence-corrected chi connectivity index (χ0v) is 9.88. The van der Waals surface area contributed by atoms with E-state index in [1.807, 2.05) is 0 Å². The summed E-state index contributed by atoms with van der Waals surface area (Å²) >= 11 is 0. The van der Waals surface area contributed by atoms with Gasteiger partial charge in [-0.15, -0.1) is 13.2 Å². The molecule has 0 atom stereocenters. The molecular weight excluding hydrogens is 247 g/mol. The van der Waals surface area contributed by atoms with Gasteiger partial charge in [0, 0.05) is 21.7 Å². The lowest BCUT2D eigenvalue weighted by Gasteiger charge is -2.12. The molecule has 0 spiro atoms. The van der Waals surface area contributed by atoms with Crippen LogP contribution in [0.4, 0.5) is 18.9 Å². The summed E-state index contributed by atoms with van der Waals surface area (Å²) in [4.78, 5) is 11.7. The van der Waals surface area contributed by atoms with Gasteiger partial charge >= 0.3 is 6.36 Å². The lowest BCUT2D eigenvalue weighted by molar-refractivity contribution is -0.462. The molecule has 1 aromatic rings. The van der Waals surface area contributed by atoms with E-state index in [0.717, 1.165) is 23.2 Å². The Morgan fingerprint density at radius 3 is 2.67 bits per heavy atom. The quantitative estimate of drug-likeness (QED) is 0.721. The summed E-state index contributed by atoms with van der Waals surface area (Å²) in [5.74, 6) is -0.302. The molecule has 3 nitrogen and oxygen atoms in total. The maximum absolute atomic E-state index is 12.2. The smallest absolute Gasteiger partial charge is 0.405 e. The van der Waals surface area contributed by atoms with Gasteiger partial charge in [0.05, 0.1) is 6.07 Å². The summed E-state index contributed by atoms with van der Waals surface area (Å²) < 4.78 is 41.3. The molecule has 0 saturated heterocycles. The number of hydrogen-bond donors (Lipinski definition) is 0. The van der Waals surface area contributed by atoms with Crippen molar-refractivity contribution in [1.82, 2.24) is 0 Å². The Kier molecular flexibility index (Phi) is 3.28. The molecule has 0 radical (unpaired) electrons. The highest BCUT2D eigenvalue weighted by Crippen LogP contribution is 2.34. The maximum Gasteiger partial charge on any atom is 0.573 e. The van der Waals surface area contributed by atoms with Gasteiger partial charge in [-0.25, -0.2) is 0 Å². The van der Waals surface area contributed by atoms with Gasteiger partial charge in [0.25, 0.3) is 5.69 Å². The third-order valence-corrected chi connectivity index (χ3v) is 2.93. The minimum absolute atomic E-state index is 0.289. The van der Waals surface area contributed by atoms with Gasteiger partial charge in [-0.2, -0.15) is 0 Å². The van der Waals surface area contributed by atoms with Crippen molar-refractivity contribution in [3.8, 4) is 5.75 Å². The molecule has 0 unspecified atom stereocenters. The molecule has 0 N–H and O–H groups in total. The van der Waals surface area contributed by atoms with Gasteiger partial charge in [0.15, 0.2) is 6.54 Å². The second-order valence-corrected chi connectivity index (χ2v) is 4.35. The standard InChI is InChI=1S/C12H13F3NO2/c1-8-6-9-4-2-3-5-16(17)10(9)7-11(8)18-12(13,14)15/h6-7H,2-5H2,1H3/q+1. The summed E-state index contributed by atoms with van der Waals surface area (Å²) in [6.07, 6.45) is -2.42. The van der Waals surface area contributed by atoms with Crippen LogP contribution in [0.1, 0.15) is 24.0 Å². The van der Waals surface area contributed by atoms with E-state index in [4.69, 9.17) is 0 Å². The van der Waals surface area contributed by atoms with E-state index in [-0.39, 0.29) is 11.4 Å². The van der Waals surface area contributed by atoms with E-state index in [1.54, 1.807) is 13.0 Å². The normalized spacial score (nSPS) is 16.1. The number of nitrogens with zero attached hydrogens (tertiary/aromatic N) is 1. The Hall–Kier alpha value is -1.59. The van der Waals surface area contributed by atoms with Crippen molar-refractivity contribution in [3.63, 3.8) is 0 Å². The lowest BCUT2D eigenvalue weighted by Crippen LogP contribution is -2.18. The molecule has 1 aromatic carbocycles. The average Bonchev–Trinajstić information content (AvgIpc) is 2.40. The van der Waals surface area contributed by atoms with Crippen LogP contribution in [-0.4, -0.2) is 17.7 Å². The van der Waals surface area contributed by atoms with Crippen molar-refractivity contribution in [2.24, 2.45) is 0 Å². The number of nitroso groups, excluding NO2 is 1. The number of rotatable bonds is 1. The minimum Gasteiger partial charge on any atom is -0.405 e. The maximum atomic E-state index is 12.2. The number of hydrogen-bond acceptors (Lipinski definition) is 2. The zero-order chi connectivity index (χ0) is 13.3. The van der Waals surface area contributed by atoms with Crippen molar-refractivity contribution >= 4 is 5.69 Å². The van der Waals surface area contributed by atoms with Crippen LogP contribution in [0.25, 0.3) is 0 Å². The van der Waals surface area contributed by atoms with Crippen LogP contribution in [0, 0.1) is 11.8 Å². The molecule has 0 aromatic heterocycles. The Morgan fingerprint density at radius 2 is 2.00 bits per heavy atom. The average molecular weight is 260 g/mol. The fraction of sp³-hybridized carbons (Fsp3) is 0.500. The topological polar surface area (TPSA) is 29.3 Å². The first-order valence-corrected chi connectivity index (χ1v) is 5.71. The SMILES string of the molecule is Cc1cc2c(cc1OC(F)(F)F)[N+](=O)CCCC2. The molecule has 0 amide bonds. The third-order valence-electron chi connectivity index (χ3n) is 2.93. The van der Waals surface area contributed by atoms with Crippen molar-refractivity contribution in [1.29, 1.82) is 0 Å². The molecule has 0 saturated carbocycles. The molecule has 2 rings (SSSR count). The molecule has 1 aliphatic heterocycles. The highest BCUT2D eigenvalue weighted by molar-refractivity contribution is 5.50. The van der Waals surface area contributed by atoms with E-state index in [1.165, 1.54) is 6.07 Å². The van der Waals surface area contributed by atoms with Crippen molar-refractivity contribution < 1.29 is 22.7 Å². The Bertz CT molecular complexity index is 483. The summed E-state index contributed by atoms with van der Waals surface area (Å²) in [6.45, 7) is 1.85. The number of ether oxygens (including phenoxy) is 1. The molecule has 0 bridgehead atoms. The fourth-order valence-electron chi connectivity index (χ4n) is 2.10. The summed E-state index contributed by atoms with van der Waals surface area (Å²) in [5, 5.41) is 0. The number of aryl methyl sites for hydroxylation is 2. The highest BCUT2D eigenvalue weighted by atomic mass is 19.4. The Labute approximate surface area is 102 Å². The zero-order valence-electron chi connectivity index (χ0n) is 9.88. The molecule has 6 heteroatoms. The molecule has 1 aliphatic rings. The predicted octanol–water partition coefficient (Wildman–Crippen LogP) is 3.64. The van der Waals surface area contributed by atoms with Crippen LogP contribution >= 0.6 is 0 Å². The number of fused-ring (bicyclic) bond motifs is 1. The molecule has 98 valence electrons. The van der Waals surface area contributed by atoms with Gasteiger partial charge in [-0.3, -0.25) is 0 Å². The van der Waals surface area contributed by atoms with Crippen LogP contribution in [0.2, 0.25) is 0 Å². The number of benzene rings is 1. The van der Waals surface area contributed by atoms with E-state index in [0.29, 0.717) is 18.5 Å². The molecule has 0 fully saturated rings. The lowest BCUT2D eigenvalue weighted by atomic mass is 10.0. The second kappa shape index (κ2) is 4.59. The summed E-state index contributed by atoms with van der Waals surface area (Å²) in [6, 6.07) is 2.79. The van der Waals surface area contributed by atoms with Crippen LogP contribution < -0.4 is 4.74 Å². The van der Waals surface area contributed by atoms with Gasteiger partial charge in [0.1, 0.15) is 5.75 Å². The van der Waals surface area contributed by atoms with Crippen LogP contribution in [0.15, 0.2) is 12.1 Å². The van der Waals surface area contributed by atoms with E-state index < -0.39 is 6.36 Å².